The van der Waals surface area contributed by atoms with E-state index in [2.05, 4.69) is 20.3 Å². The molecule has 0 aromatic carbocycles. The highest BCUT2D eigenvalue weighted by Gasteiger charge is 2.34. The lowest BCUT2D eigenvalue weighted by Gasteiger charge is -2.12. The third-order valence-electron chi connectivity index (χ3n) is 2.66. The topological polar surface area (TPSA) is 50.7 Å². The van der Waals surface area contributed by atoms with Crippen molar-refractivity contribution in [1.82, 2.24) is 15.0 Å². The Morgan fingerprint density at radius 2 is 2.00 bits per heavy atom. The highest BCUT2D eigenvalue weighted by atomic mass is 19.4. The molecule has 0 atom stereocenters. The summed E-state index contributed by atoms with van der Waals surface area (Å²) in [5.74, 6) is -0.860. The molecular formula is C13H12F4N4. The van der Waals surface area contributed by atoms with Crippen molar-refractivity contribution in [2.24, 2.45) is 0 Å². The van der Waals surface area contributed by atoms with E-state index in [9.17, 15) is 17.6 Å². The number of rotatable bonds is 4. The van der Waals surface area contributed by atoms with Crippen LogP contribution in [0.1, 0.15) is 18.9 Å². The van der Waals surface area contributed by atoms with E-state index in [1.54, 1.807) is 0 Å². The highest BCUT2D eigenvalue weighted by Crippen LogP contribution is 2.36. The molecule has 0 aliphatic rings. The number of hydrogen-bond donors (Lipinski definition) is 1. The SMILES string of the molecule is CCCNc1ncc(F)c(-c2cnccc2C(F)(F)F)n1. The van der Waals surface area contributed by atoms with Gasteiger partial charge in [-0.1, -0.05) is 6.92 Å². The van der Waals surface area contributed by atoms with Crippen LogP contribution in [0.25, 0.3) is 11.3 Å². The van der Waals surface area contributed by atoms with Gasteiger partial charge < -0.3 is 5.32 Å². The van der Waals surface area contributed by atoms with E-state index in [4.69, 9.17) is 0 Å². The maximum atomic E-state index is 13.8. The van der Waals surface area contributed by atoms with Gasteiger partial charge in [0, 0.05) is 24.5 Å². The normalized spacial score (nSPS) is 11.5. The number of alkyl halides is 3. The number of nitrogens with one attached hydrogen (secondary N) is 1. The fraction of sp³-hybridized carbons (Fsp3) is 0.308. The standard InChI is InChI=1S/C13H12F4N4/c1-2-4-19-12-20-7-10(14)11(21-12)8-6-18-5-3-9(8)13(15,16)17/h3,5-7H,2,4H2,1H3,(H,19,20,21). The van der Waals surface area contributed by atoms with Gasteiger partial charge in [-0.15, -0.1) is 0 Å². The molecule has 0 aliphatic carbocycles. The molecular weight excluding hydrogens is 288 g/mol. The summed E-state index contributed by atoms with van der Waals surface area (Å²) in [5.41, 5.74) is -1.83. The number of anilines is 1. The van der Waals surface area contributed by atoms with Crippen molar-refractivity contribution in [3.63, 3.8) is 0 Å². The van der Waals surface area contributed by atoms with Crippen molar-refractivity contribution in [2.75, 3.05) is 11.9 Å². The zero-order valence-electron chi connectivity index (χ0n) is 11.1. The Kier molecular flexibility index (Phi) is 4.35. The average Bonchev–Trinajstić information content (AvgIpc) is 2.45. The molecule has 0 fully saturated rings. The summed E-state index contributed by atoms with van der Waals surface area (Å²) in [4.78, 5) is 11.1. The summed E-state index contributed by atoms with van der Waals surface area (Å²) < 4.78 is 52.7. The molecule has 0 spiro atoms. The van der Waals surface area contributed by atoms with Crippen LogP contribution >= 0.6 is 0 Å². The van der Waals surface area contributed by atoms with Crippen LogP contribution < -0.4 is 5.32 Å². The van der Waals surface area contributed by atoms with Gasteiger partial charge in [-0.05, 0) is 12.5 Å². The van der Waals surface area contributed by atoms with E-state index in [1.165, 1.54) is 0 Å². The molecule has 0 unspecified atom stereocenters. The third-order valence-corrected chi connectivity index (χ3v) is 2.66. The van der Waals surface area contributed by atoms with Gasteiger partial charge in [0.25, 0.3) is 0 Å². The monoisotopic (exact) mass is 300 g/mol. The molecule has 2 aromatic heterocycles. The zero-order valence-corrected chi connectivity index (χ0v) is 11.1. The highest BCUT2D eigenvalue weighted by molar-refractivity contribution is 5.64. The Morgan fingerprint density at radius 3 is 2.67 bits per heavy atom. The molecule has 2 aromatic rings. The molecule has 0 radical (unpaired) electrons. The van der Waals surface area contributed by atoms with Crippen LogP contribution in [0.4, 0.5) is 23.5 Å². The summed E-state index contributed by atoms with van der Waals surface area (Å²) >= 11 is 0. The quantitative estimate of drug-likeness (QED) is 0.878. The summed E-state index contributed by atoms with van der Waals surface area (Å²) in [6.07, 6.45) is -1.06. The second kappa shape index (κ2) is 6.02. The first kappa shape index (κ1) is 15.1. The smallest absolute Gasteiger partial charge is 0.354 e. The Morgan fingerprint density at radius 1 is 1.24 bits per heavy atom. The van der Waals surface area contributed by atoms with Gasteiger partial charge in [0.1, 0.15) is 5.69 Å². The summed E-state index contributed by atoms with van der Waals surface area (Å²) in [7, 11) is 0. The zero-order chi connectivity index (χ0) is 15.5. The third kappa shape index (κ3) is 3.45. The maximum Gasteiger partial charge on any atom is 0.417 e. The fourth-order valence-corrected chi connectivity index (χ4v) is 1.71. The molecule has 0 saturated carbocycles. The molecule has 2 heterocycles. The van der Waals surface area contributed by atoms with E-state index >= 15 is 0 Å². The molecule has 21 heavy (non-hydrogen) atoms. The van der Waals surface area contributed by atoms with Gasteiger partial charge >= 0.3 is 6.18 Å². The van der Waals surface area contributed by atoms with Crippen molar-refractivity contribution in [3.8, 4) is 11.3 Å². The van der Waals surface area contributed by atoms with E-state index in [-0.39, 0.29) is 5.95 Å². The van der Waals surface area contributed by atoms with E-state index in [1.807, 2.05) is 6.92 Å². The number of nitrogens with zero attached hydrogens (tertiary/aromatic N) is 3. The van der Waals surface area contributed by atoms with Crippen molar-refractivity contribution < 1.29 is 17.6 Å². The summed E-state index contributed by atoms with van der Waals surface area (Å²) in [6.45, 7) is 2.44. The maximum absolute atomic E-state index is 13.8. The molecule has 0 aliphatic heterocycles. The lowest BCUT2D eigenvalue weighted by Crippen LogP contribution is -2.10. The largest absolute Gasteiger partial charge is 0.417 e. The Labute approximate surface area is 118 Å². The summed E-state index contributed by atoms with van der Waals surface area (Å²) in [5, 5.41) is 2.80. The molecule has 1 N–H and O–H groups in total. The van der Waals surface area contributed by atoms with Crippen LogP contribution in [0.3, 0.4) is 0 Å². The number of pyridine rings is 1. The Balaban J connectivity index is 2.51. The van der Waals surface area contributed by atoms with Gasteiger partial charge in [0.2, 0.25) is 5.95 Å². The molecule has 2 rings (SSSR count). The first-order valence-corrected chi connectivity index (χ1v) is 6.21. The summed E-state index contributed by atoms with van der Waals surface area (Å²) in [6, 6.07) is 0.788. The number of hydrogen-bond acceptors (Lipinski definition) is 4. The lowest BCUT2D eigenvalue weighted by molar-refractivity contribution is -0.137. The number of halogens is 4. The lowest BCUT2D eigenvalue weighted by atomic mass is 10.1. The average molecular weight is 300 g/mol. The number of aromatic nitrogens is 3. The van der Waals surface area contributed by atoms with Crippen molar-refractivity contribution in [1.29, 1.82) is 0 Å². The Bertz CT molecular complexity index is 628. The van der Waals surface area contributed by atoms with Gasteiger partial charge in [-0.2, -0.15) is 13.2 Å². The van der Waals surface area contributed by atoms with Crippen molar-refractivity contribution in [3.05, 3.63) is 36.0 Å². The minimum atomic E-state index is -4.62. The molecule has 0 amide bonds. The minimum absolute atomic E-state index is 0.0743. The first-order valence-electron chi connectivity index (χ1n) is 6.21. The predicted molar refractivity (Wildman–Crippen MR) is 69.0 cm³/mol. The Hall–Kier alpha value is -2.25. The van der Waals surface area contributed by atoms with Crippen LogP contribution in [-0.2, 0) is 6.18 Å². The van der Waals surface area contributed by atoms with Gasteiger partial charge in [0.05, 0.1) is 11.8 Å². The van der Waals surface area contributed by atoms with E-state index in [0.29, 0.717) is 6.54 Å². The molecule has 0 bridgehead atoms. The van der Waals surface area contributed by atoms with E-state index in [0.717, 1.165) is 31.1 Å². The van der Waals surface area contributed by atoms with Gasteiger partial charge in [-0.25, -0.2) is 14.4 Å². The molecule has 4 nitrogen and oxygen atoms in total. The van der Waals surface area contributed by atoms with Crippen molar-refractivity contribution >= 4 is 5.95 Å². The van der Waals surface area contributed by atoms with Crippen LogP contribution in [0.15, 0.2) is 24.7 Å². The first-order chi connectivity index (χ1) is 9.93. The van der Waals surface area contributed by atoms with E-state index < -0.39 is 28.8 Å². The van der Waals surface area contributed by atoms with Crippen LogP contribution in [0.2, 0.25) is 0 Å². The second-order valence-electron chi connectivity index (χ2n) is 4.24. The fourth-order valence-electron chi connectivity index (χ4n) is 1.71. The van der Waals surface area contributed by atoms with Gasteiger partial charge in [0.15, 0.2) is 5.82 Å². The minimum Gasteiger partial charge on any atom is -0.354 e. The van der Waals surface area contributed by atoms with Crippen LogP contribution in [0.5, 0.6) is 0 Å². The molecule has 112 valence electrons. The predicted octanol–water partition coefficient (Wildman–Crippen LogP) is 3.52. The molecule has 8 heteroatoms. The van der Waals surface area contributed by atoms with Gasteiger partial charge in [-0.3, -0.25) is 4.98 Å². The molecule has 0 saturated heterocycles. The second-order valence-corrected chi connectivity index (χ2v) is 4.24. The van der Waals surface area contributed by atoms with Crippen molar-refractivity contribution in [2.45, 2.75) is 19.5 Å². The van der Waals surface area contributed by atoms with Crippen LogP contribution in [0, 0.1) is 5.82 Å². The van der Waals surface area contributed by atoms with Crippen LogP contribution in [-0.4, -0.2) is 21.5 Å².